The average Bonchev–Trinajstić information content (AvgIpc) is 3.48. The third-order valence-electron chi connectivity index (χ3n) is 5.98. The minimum Gasteiger partial charge on any atom is -0.481 e. The zero-order valence-corrected chi connectivity index (χ0v) is 19.2. The quantitative estimate of drug-likeness (QED) is 0.369. The molecule has 0 saturated carbocycles. The van der Waals surface area contributed by atoms with Crippen molar-refractivity contribution in [2.75, 3.05) is 6.54 Å². The fourth-order valence-electron chi connectivity index (χ4n) is 4.03. The molecule has 1 aliphatic rings. The summed E-state index contributed by atoms with van der Waals surface area (Å²) < 4.78 is 88.6. The highest BCUT2D eigenvalue weighted by Crippen LogP contribution is 2.40. The molecule has 0 aliphatic carbocycles. The van der Waals surface area contributed by atoms with E-state index in [0.717, 1.165) is 17.7 Å². The van der Waals surface area contributed by atoms with Gasteiger partial charge in [0, 0.05) is 23.6 Å². The van der Waals surface area contributed by atoms with Gasteiger partial charge in [0.25, 0.3) is 5.89 Å². The van der Waals surface area contributed by atoms with Gasteiger partial charge in [-0.15, -0.1) is 0 Å². The van der Waals surface area contributed by atoms with Gasteiger partial charge in [-0.05, 0) is 49.6 Å². The summed E-state index contributed by atoms with van der Waals surface area (Å²) in [6.45, 7) is 1.20. The molecule has 198 valence electrons. The number of nitrogens with one attached hydrogen (secondary N) is 1. The summed E-state index contributed by atoms with van der Waals surface area (Å²) in [5, 5.41) is 16.0. The van der Waals surface area contributed by atoms with Gasteiger partial charge in [-0.1, -0.05) is 29.4 Å². The molecule has 13 heteroatoms. The van der Waals surface area contributed by atoms with E-state index in [2.05, 4.69) is 20.2 Å². The lowest BCUT2D eigenvalue weighted by atomic mass is 9.97. The van der Waals surface area contributed by atoms with Gasteiger partial charge in [0.2, 0.25) is 5.82 Å². The Morgan fingerprint density at radius 3 is 2.43 bits per heavy atom. The van der Waals surface area contributed by atoms with Crippen molar-refractivity contribution >= 4 is 5.97 Å². The highest BCUT2D eigenvalue weighted by atomic mass is 19.4. The number of halogens is 6. The van der Waals surface area contributed by atoms with Crippen LogP contribution in [-0.2, 0) is 11.0 Å². The van der Waals surface area contributed by atoms with Gasteiger partial charge in [-0.3, -0.25) is 4.79 Å². The van der Waals surface area contributed by atoms with Gasteiger partial charge in [0.15, 0.2) is 6.10 Å². The topological polar surface area (TPSA) is 97.5 Å². The highest BCUT2D eigenvalue weighted by molar-refractivity contribution is 5.67. The molecular weight excluding hydrogens is 508 g/mol. The molecule has 2 heterocycles. The second kappa shape index (κ2) is 10.0. The summed E-state index contributed by atoms with van der Waals surface area (Å²) in [6, 6.07) is 9.49. The van der Waals surface area contributed by atoms with E-state index in [9.17, 15) is 31.1 Å². The third-order valence-corrected chi connectivity index (χ3v) is 5.98. The van der Waals surface area contributed by atoms with Crippen molar-refractivity contribution in [3.63, 3.8) is 0 Å². The van der Waals surface area contributed by atoms with Crippen LogP contribution >= 0.6 is 0 Å². The fraction of sp³-hybridized carbons (Fsp3) is 0.375. The number of hydrogen-bond acceptors (Lipinski definition) is 6. The Bertz CT molecular complexity index is 1260. The van der Waals surface area contributed by atoms with Crippen molar-refractivity contribution < 1.29 is 45.5 Å². The average molecular weight is 529 g/mol. The minimum atomic E-state index is -4.99. The van der Waals surface area contributed by atoms with Crippen molar-refractivity contribution in [2.45, 2.75) is 44.3 Å². The van der Waals surface area contributed by atoms with Crippen LogP contribution in [0.25, 0.3) is 22.8 Å². The van der Waals surface area contributed by atoms with E-state index in [-0.39, 0.29) is 35.7 Å². The number of nitrogens with zero attached hydrogens (tertiary/aromatic N) is 2. The summed E-state index contributed by atoms with van der Waals surface area (Å²) in [6.07, 6.45) is -11.5. The lowest BCUT2D eigenvalue weighted by Gasteiger charge is -2.20. The van der Waals surface area contributed by atoms with Crippen LogP contribution < -0.4 is 10.1 Å². The maximum Gasteiger partial charge on any atom is 0.425 e. The van der Waals surface area contributed by atoms with Crippen LogP contribution in [-0.4, -0.2) is 40.0 Å². The van der Waals surface area contributed by atoms with Gasteiger partial charge in [-0.25, -0.2) is 0 Å². The number of carbonyl (C=O) groups is 1. The summed E-state index contributed by atoms with van der Waals surface area (Å²) in [7, 11) is 0. The first-order chi connectivity index (χ1) is 17.3. The molecule has 3 unspecified atom stereocenters. The normalized spacial score (nSPS) is 19.1. The first-order valence-electron chi connectivity index (χ1n) is 11.2. The molecule has 0 bridgehead atoms. The lowest BCUT2D eigenvalue weighted by Crippen LogP contribution is -2.31. The Morgan fingerprint density at radius 2 is 1.81 bits per heavy atom. The molecule has 0 spiro atoms. The van der Waals surface area contributed by atoms with E-state index in [1.54, 1.807) is 12.1 Å². The monoisotopic (exact) mass is 529 g/mol. The number of ether oxygens (including phenoxy) is 1. The van der Waals surface area contributed by atoms with E-state index in [1.165, 1.54) is 0 Å². The Balaban J connectivity index is 1.52. The molecule has 3 atom stereocenters. The number of hydrogen-bond donors (Lipinski definition) is 2. The second-order valence-corrected chi connectivity index (χ2v) is 8.72. The Morgan fingerprint density at radius 1 is 1.14 bits per heavy atom. The van der Waals surface area contributed by atoms with Crippen LogP contribution in [0.3, 0.4) is 0 Å². The SMILES string of the molecule is CC(Oc1ccc(-c2nc(-c3ccc(C4CC(CC(=O)O)CN4)cc3)no2)cc1C(F)(F)F)C(F)(F)F. The maximum atomic E-state index is 13.6. The van der Waals surface area contributed by atoms with E-state index in [4.69, 9.17) is 9.63 Å². The molecular formula is C24H21F6N3O4. The molecule has 1 saturated heterocycles. The van der Waals surface area contributed by atoms with Crippen LogP contribution in [0.5, 0.6) is 5.75 Å². The largest absolute Gasteiger partial charge is 0.481 e. The van der Waals surface area contributed by atoms with Crippen LogP contribution in [0.2, 0.25) is 0 Å². The number of rotatable bonds is 7. The van der Waals surface area contributed by atoms with Crippen molar-refractivity contribution in [3.8, 4) is 28.6 Å². The van der Waals surface area contributed by atoms with Crippen molar-refractivity contribution in [1.82, 2.24) is 15.5 Å². The van der Waals surface area contributed by atoms with Gasteiger partial charge >= 0.3 is 18.3 Å². The van der Waals surface area contributed by atoms with E-state index in [1.807, 2.05) is 12.1 Å². The number of aromatic nitrogens is 2. The van der Waals surface area contributed by atoms with Gasteiger partial charge in [-0.2, -0.15) is 31.3 Å². The number of alkyl halides is 6. The fourth-order valence-corrected chi connectivity index (χ4v) is 4.03. The predicted molar refractivity (Wildman–Crippen MR) is 117 cm³/mol. The van der Waals surface area contributed by atoms with E-state index in [0.29, 0.717) is 31.5 Å². The molecule has 2 N–H and O–H groups in total. The van der Waals surface area contributed by atoms with Gasteiger partial charge < -0.3 is 19.7 Å². The molecule has 0 amide bonds. The molecule has 1 fully saturated rings. The number of carboxylic acid groups (broad SMARTS) is 1. The molecule has 4 rings (SSSR count). The van der Waals surface area contributed by atoms with Crippen LogP contribution in [0, 0.1) is 5.92 Å². The summed E-state index contributed by atoms with van der Waals surface area (Å²) in [4.78, 5) is 15.0. The standard InChI is InChI=1S/C24H21F6N3O4/c1-12(23(25,26)27)36-19-7-6-16(10-17(19)24(28,29)30)22-32-21(33-37-22)15-4-2-14(3-5-15)18-8-13(11-31-18)9-20(34)35/h2-7,10,12-13,18,31H,8-9,11H2,1H3,(H,34,35). The Kier molecular flexibility index (Phi) is 7.18. The lowest BCUT2D eigenvalue weighted by molar-refractivity contribution is -0.191. The van der Waals surface area contributed by atoms with Crippen molar-refractivity contribution in [2.24, 2.45) is 5.92 Å². The maximum absolute atomic E-state index is 13.6. The molecule has 37 heavy (non-hydrogen) atoms. The number of carboxylic acids is 1. The first-order valence-corrected chi connectivity index (χ1v) is 11.2. The minimum absolute atomic E-state index is 0.0131. The molecule has 1 aromatic heterocycles. The molecule has 2 aromatic carbocycles. The number of aliphatic carboxylic acids is 1. The highest BCUT2D eigenvalue weighted by Gasteiger charge is 2.41. The van der Waals surface area contributed by atoms with Gasteiger partial charge in [0.05, 0.1) is 5.56 Å². The third kappa shape index (κ3) is 6.21. The smallest absolute Gasteiger partial charge is 0.425 e. The van der Waals surface area contributed by atoms with Crippen molar-refractivity contribution in [1.29, 1.82) is 0 Å². The Hall–Kier alpha value is -3.61. The van der Waals surface area contributed by atoms with E-state index < -0.39 is 35.7 Å². The predicted octanol–water partition coefficient (Wildman–Crippen LogP) is 5.88. The number of benzene rings is 2. The Labute approximate surface area is 206 Å². The molecule has 1 aliphatic heterocycles. The second-order valence-electron chi connectivity index (χ2n) is 8.72. The molecule has 3 aromatic rings. The zero-order valence-electron chi connectivity index (χ0n) is 19.2. The van der Waals surface area contributed by atoms with E-state index >= 15 is 0 Å². The van der Waals surface area contributed by atoms with Crippen LogP contribution in [0.1, 0.15) is 36.9 Å². The summed E-state index contributed by atoms with van der Waals surface area (Å²) >= 11 is 0. The van der Waals surface area contributed by atoms with Crippen molar-refractivity contribution in [3.05, 3.63) is 53.6 Å². The first kappa shape index (κ1) is 26.5. The summed E-state index contributed by atoms with van der Waals surface area (Å²) in [5.74, 6) is -1.95. The van der Waals surface area contributed by atoms with Crippen LogP contribution in [0.4, 0.5) is 26.3 Å². The molecule has 7 nitrogen and oxygen atoms in total. The zero-order chi connectivity index (χ0) is 27.0. The molecule has 0 radical (unpaired) electrons. The van der Waals surface area contributed by atoms with Crippen LogP contribution in [0.15, 0.2) is 47.0 Å². The van der Waals surface area contributed by atoms with Gasteiger partial charge in [0.1, 0.15) is 5.75 Å². The summed E-state index contributed by atoms with van der Waals surface area (Å²) in [5.41, 5.74) is -0.0995.